The van der Waals surface area contributed by atoms with Crippen LogP contribution < -0.4 is 10.9 Å². The molecule has 2 aromatic heterocycles. The van der Waals surface area contributed by atoms with Gasteiger partial charge in [-0.1, -0.05) is 53.2 Å². The van der Waals surface area contributed by atoms with Crippen LogP contribution >= 0.6 is 46.3 Å². The SMILES string of the molecule is CC(Sc1nc2sccc2c(=O)n1-c1ccccc1)C(=O)Nc1cc(Cl)cc(Cl)c1. The molecular weight excluding hydrogens is 461 g/mol. The van der Waals surface area contributed by atoms with E-state index in [-0.39, 0.29) is 11.5 Å². The van der Waals surface area contributed by atoms with Crippen molar-refractivity contribution in [3.05, 3.63) is 80.4 Å². The molecule has 0 aliphatic carbocycles. The molecule has 9 heteroatoms. The maximum atomic E-state index is 13.1. The van der Waals surface area contributed by atoms with Crippen molar-refractivity contribution in [1.82, 2.24) is 9.55 Å². The first-order chi connectivity index (χ1) is 14.4. The number of thiophene rings is 1. The Labute approximate surface area is 190 Å². The first kappa shape index (κ1) is 20.9. The number of amides is 1. The molecule has 30 heavy (non-hydrogen) atoms. The van der Waals surface area contributed by atoms with E-state index < -0.39 is 5.25 Å². The number of thioether (sulfide) groups is 1. The van der Waals surface area contributed by atoms with E-state index in [4.69, 9.17) is 23.2 Å². The molecule has 1 unspecified atom stereocenters. The minimum absolute atomic E-state index is 0.163. The Morgan fingerprint density at radius 1 is 1.13 bits per heavy atom. The van der Waals surface area contributed by atoms with Gasteiger partial charge < -0.3 is 5.32 Å². The zero-order chi connectivity index (χ0) is 21.3. The number of para-hydroxylation sites is 1. The molecule has 0 saturated heterocycles. The van der Waals surface area contributed by atoms with Crippen molar-refractivity contribution in [1.29, 1.82) is 0 Å². The zero-order valence-electron chi connectivity index (χ0n) is 15.6. The molecular formula is C21H15Cl2N3O2S2. The molecule has 0 fully saturated rings. The monoisotopic (exact) mass is 475 g/mol. The number of nitrogens with zero attached hydrogens (tertiary/aromatic N) is 2. The van der Waals surface area contributed by atoms with Crippen molar-refractivity contribution in [3.8, 4) is 5.69 Å². The lowest BCUT2D eigenvalue weighted by molar-refractivity contribution is -0.115. The number of rotatable bonds is 5. The van der Waals surface area contributed by atoms with Crippen molar-refractivity contribution < 1.29 is 4.79 Å². The Bertz CT molecular complexity index is 1270. The Balaban J connectivity index is 1.67. The Hall–Kier alpha value is -2.32. The number of carbonyl (C=O) groups is 1. The van der Waals surface area contributed by atoms with Crippen LogP contribution in [0.4, 0.5) is 5.69 Å². The zero-order valence-corrected chi connectivity index (χ0v) is 18.8. The number of aromatic nitrogens is 2. The third kappa shape index (κ3) is 4.39. The average molecular weight is 476 g/mol. The number of hydrogen-bond acceptors (Lipinski definition) is 5. The Morgan fingerprint density at radius 3 is 2.53 bits per heavy atom. The number of carbonyl (C=O) groups excluding carboxylic acids is 1. The summed E-state index contributed by atoms with van der Waals surface area (Å²) in [7, 11) is 0. The lowest BCUT2D eigenvalue weighted by Gasteiger charge is -2.16. The summed E-state index contributed by atoms with van der Waals surface area (Å²) in [6, 6.07) is 15.9. The fourth-order valence-electron chi connectivity index (χ4n) is 2.86. The van der Waals surface area contributed by atoms with E-state index in [1.54, 1.807) is 35.8 Å². The normalized spacial score (nSPS) is 12.1. The smallest absolute Gasteiger partial charge is 0.267 e. The van der Waals surface area contributed by atoms with E-state index in [2.05, 4.69) is 10.3 Å². The first-order valence-electron chi connectivity index (χ1n) is 8.91. The highest BCUT2D eigenvalue weighted by Gasteiger charge is 2.21. The van der Waals surface area contributed by atoms with Gasteiger partial charge in [-0.3, -0.25) is 14.2 Å². The number of anilines is 1. The van der Waals surface area contributed by atoms with Crippen molar-refractivity contribution >= 4 is 68.1 Å². The highest BCUT2D eigenvalue weighted by atomic mass is 35.5. The standard InChI is InChI=1S/C21H15Cl2N3O2S2/c1-12(18(27)24-15-10-13(22)9-14(23)11-15)30-21-25-19-17(7-8-29-19)20(28)26(21)16-5-3-2-4-6-16/h2-12H,1H3,(H,24,27). The Kier molecular flexibility index (Phi) is 6.15. The average Bonchev–Trinajstić information content (AvgIpc) is 3.17. The van der Waals surface area contributed by atoms with E-state index >= 15 is 0 Å². The van der Waals surface area contributed by atoms with Gasteiger partial charge in [0, 0.05) is 15.7 Å². The number of benzene rings is 2. The number of nitrogens with one attached hydrogen (secondary N) is 1. The fourth-order valence-corrected chi connectivity index (χ4v) is 5.12. The molecule has 2 aromatic carbocycles. The molecule has 0 bridgehead atoms. The molecule has 1 atom stereocenters. The molecule has 0 radical (unpaired) electrons. The maximum Gasteiger partial charge on any atom is 0.267 e. The highest BCUT2D eigenvalue weighted by Crippen LogP contribution is 2.28. The topological polar surface area (TPSA) is 64.0 Å². The lowest BCUT2D eigenvalue weighted by Crippen LogP contribution is -2.26. The van der Waals surface area contributed by atoms with Gasteiger partial charge in [-0.15, -0.1) is 11.3 Å². The van der Waals surface area contributed by atoms with E-state index in [1.165, 1.54) is 23.1 Å². The summed E-state index contributed by atoms with van der Waals surface area (Å²) in [5.41, 5.74) is 1.04. The van der Waals surface area contributed by atoms with Crippen molar-refractivity contribution in [2.24, 2.45) is 0 Å². The van der Waals surface area contributed by atoms with Gasteiger partial charge in [0.1, 0.15) is 4.83 Å². The van der Waals surface area contributed by atoms with Gasteiger partial charge in [0.25, 0.3) is 5.56 Å². The summed E-state index contributed by atoms with van der Waals surface area (Å²) < 4.78 is 1.54. The van der Waals surface area contributed by atoms with Crippen LogP contribution in [0.25, 0.3) is 15.9 Å². The quantitative estimate of drug-likeness (QED) is 0.289. The van der Waals surface area contributed by atoms with Gasteiger partial charge in [0.2, 0.25) is 5.91 Å². The van der Waals surface area contributed by atoms with Crippen LogP contribution in [0, 0.1) is 0 Å². The van der Waals surface area contributed by atoms with E-state index in [0.717, 1.165) is 0 Å². The number of fused-ring (bicyclic) bond motifs is 1. The fraction of sp³-hybridized carbons (Fsp3) is 0.0952. The summed E-state index contributed by atoms with van der Waals surface area (Å²) >= 11 is 14.6. The second-order valence-corrected chi connectivity index (χ2v) is 9.49. The maximum absolute atomic E-state index is 13.1. The van der Waals surface area contributed by atoms with Crippen LogP contribution in [0.3, 0.4) is 0 Å². The number of halogens is 2. The largest absolute Gasteiger partial charge is 0.325 e. The van der Waals surface area contributed by atoms with Crippen LogP contribution in [0.1, 0.15) is 6.92 Å². The molecule has 0 spiro atoms. The van der Waals surface area contributed by atoms with Crippen LogP contribution in [-0.4, -0.2) is 20.7 Å². The van der Waals surface area contributed by atoms with Crippen molar-refractivity contribution in [2.45, 2.75) is 17.3 Å². The van der Waals surface area contributed by atoms with Crippen molar-refractivity contribution in [2.75, 3.05) is 5.32 Å². The van der Waals surface area contributed by atoms with E-state index in [1.807, 2.05) is 35.7 Å². The second kappa shape index (κ2) is 8.81. The molecule has 4 aromatic rings. The van der Waals surface area contributed by atoms with E-state index in [0.29, 0.717) is 36.8 Å². The molecule has 0 aliphatic rings. The third-order valence-corrected chi connectivity index (χ3v) is 6.56. The molecule has 1 amide bonds. The summed E-state index contributed by atoms with van der Waals surface area (Å²) in [4.78, 5) is 31.2. The molecule has 0 saturated carbocycles. The lowest BCUT2D eigenvalue weighted by atomic mass is 10.3. The van der Waals surface area contributed by atoms with Gasteiger partial charge in [0.15, 0.2) is 5.16 Å². The van der Waals surface area contributed by atoms with Gasteiger partial charge in [-0.25, -0.2) is 4.98 Å². The molecule has 1 N–H and O–H groups in total. The first-order valence-corrected chi connectivity index (χ1v) is 11.4. The molecule has 152 valence electrons. The van der Waals surface area contributed by atoms with Crippen LogP contribution in [0.2, 0.25) is 10.0 Å². The second-order valence-electron chi connectivity index (χ2n) is 6.42. The van der Waals surface area contributed by atoms with Gasteiger partial charge in [-0.2, -0.15) is 0 Å². The third-order valence-electron chi connectivity index (χ3n) is 4.26. The summed E-state index contributed by atoms with van der Waals surface area (Å²) in [6.45, 7) is 1.76. The molecule has 5 nitrogen and oxygen atoms in total. The summed E-state index contributed by atoms with van der Waals surface area (Å²) in [5.74, 6) is -0.251. The predicted molar refractivity (Wildman–Crippen MR) is 126 cm³/mol. The van der Waals surface area contributed by atoms with Gasteiger partial charge in [0.05, 0.1) is 16.3 Å². The molecule has 0 aliphatic heterocycles. The van der Waals surface area contributed by atoms with Crippen LogP contribution in [0.5, 0.6) is 0 Å². The number of hydrogen-bond donors (Lipinski definition) is 1. The minimum atomic E-state index is -0.526. The van der Waals surface area contributed by atoms with Gasteiger partial charge in [-0.05, 0) is 48.7 Å². The molecule has 2 heterocycles. The van der Waals surface area contributed by atoms with E-state index in [9.17, 15) is 9.59 Å². The minimum Gasteiger partial charge on any atom is -0.325 e. The summed E-state index contributed by atoms with van der Waals surface area (Å²) in [5, 5.41) is 5.99. The van der Waals surface area contributed by atoms with Crippen LogP contribution in [0.15, 0.2) is 69.9 Å². The summed E-state index contributed by atoms with van der Waals surface area (Å²) in [6.07, 6.45) is 0. The van der Waals surface area contributed by atoms with Crippen LogP contribution in [-0.2, 0) is 4.79 Å². The molecule has 4 rings (SSSR count). The Morgan fingerprint density at radius 2 is 1.83 bits per heavy atom. The highest BCUT2D eigenvalue weighted by molar-refractivity contribution is 8.00. The van der Waals surface area contributed by atoms with Crippen molar-refractivity contribution in [3.63, 3.8) is 0 Å². The predicted octanol–water partition coefficient (Wildman–Crippen LogP) is 5.87. The van der Waals surface area contributed by atoms with Gasteiger partial charge >= 0.3 is 0 Å².